The van der Waals surface area contributed by atoms with Crippen molar-refractivity contribution in [2.75, 3.05) is 6.54 Å². The van der Waals surface area contributed by atoms with E-state index in [-0.39, 0.29) is 18.1 Å². The SMILES string of the molecule is CC(NC(=O)N1CCCC1CC(O)c1ccccc1)c1ccccc1. The standard InChI is InChI=1S/C21H26N2O2/c1-16(17-9-4-2-5-10-17)22-21(25)23-14-8-13-19(23)15-20(24)18-11-6-3-7-12-18/h2-7,9-12,16,19-20,24H,8,13-15H2,1H3,(H,22,25). The summed E-state index contributed by atoms with van der Waals surface area (Å²) in [5, 5.41) is 13.6. The molecule has 3 rings (SSSR count). The van der Waals surface area contributed by atoms with Gasteiger partial charge in [-0.3, -0.25) is 0 Å². The fraction of sp³-hybridized carbons (Fsp3) is 0.381. The van der Waals surface area contributed by atoms with E-state index in [9.17, 15) is 9.90 Å². The normalized spacial score (nSPS) is 19.4. The van der Waals surface area contributed by atoms with Crippen LogP contribution in [0.2, 0.25) is 0 Å². The average molecular weight is 338 g/mol. The summed E-state index contributed by atoms with van der Waals surface area (Å²) < 4.78 is 0. The van der Waals surface area contributed by atoms with Gasteiger partial charge >= 0.3 is 6.03 Å². The van der Waals surface area contributed by atoms with Gasteiger partial charge in [0.2, 0.25) is 0 Å². The first-order valence-corrected chi connectivity index (χ1v) is 9.00. The van der Waals surface area contributed by atoms with Gasteiger partial charge in [-0.1, -0.05) is 60.7 Å². The molecule has 0 radical (unpaired) electrons. The molecule has 25 heavy (non-hydrogen) atoms. The monoisotopic (exact) mass is 338 g/mol. The highest BCUT2D eigenvalue weighted by Crippen LogP contribution is 2.27. The van der Waals surface area contributed by atoms with E-state index in [1.807, 2.05) is 72.5 Å². The molecule has 3 atom stereocenters. The number of nitrogens with one attached hydrogen (secondary N) is 1. The largest absolute Gasteiger partial charge is 0.388 e. The molecule has 3 unspecified atom stereocenters. The van der Waals surface area contributed by atoms with E-state index in [0.29, 0.717) is 6.42 Å². The predicted molar refractivity (Wildman–Crippen MR) is 99.1 cm³/mol. The van der Waals surface area contributed by atoms with Crippen molar-refractivity contribution in [2.24, 2.45) is 0 Å². The fourth-order valence-corrected chi connectivity index (χ4v) is 3.51. The lowest BCUT2D eigenvalue weighted by molar-refractivity contribution is 0.125. The van der Waals surface area contributed by atoms with E-state index in [1.165, 1.54) is 0 Å². The van der Waals surface area contributed by atoms with E-state index >= 15 is 0 Å². The number of aliphatic hydroxyl groups excluding tert-OH is 1. The number of carbonyl (C=O) groups is 1. The zero-order chi connectivity index (χ0) is 17.6. The van der Waals surface area contributed by atoms with E-state index in [1.54, 1.807) is 0 Å². The Morgan fingerprint density at radius 2 is 1.72 bits per heavy atom. The molecule has 2 N–H and O–H groups in total. The zero-order valence-corrected chi connectivity index (χ0v) is 14.6. The van der Waals surface area contributed by atoms with Crippen molar-refractivity contribution in [3.05, 3.63) is 71.8 Å². The van der Waals surface area contributed by atoms with Crippen molar-refractivity contribution in [3.8, 4) is 0 Å². The first-order chi connectivity index (χ1) is 12.1. The van der Waals surface area contributed by atoms with Gasteiger partial charge in [-0.2, -0.15) is 0 Å². The van der Waals surface area contributed by atoms with Gasteiger partial charge in [0.25, 0.3) is 0 Å². The maximum absolute atomic E-state index is 12.7. The molecule has 0 aliphatic carbocycles. The molecular weight excluding hydrogens is 312 g/mol. The number of rotatable bonds is 5. The molecule has 0 spiro atoms. The van der Waals surface area contributed by atoms with Crippen LogP contribution in [0.1, 0.15) is 49.5 Å². The van der Waals surface area contributed by atoms with Gasteiger partial charge < -0.3 is 15.3 Å². The third-order valence-corrected chi connectivity index (χ3v) is 4.96. The Hall–Kier alpha value is -2.33. The van der Waals surface area contributed by atoms with Gasteiger partial charge in [-0.15, -0.1) is 0 Å². The van der Waals surface area contributed by atoms with E-state index in [4.69, 9.17) is 0 Å². The number of amides is 2. The molecule has 0 aromatic heterocycles. The summed E-state index contributed by atoms with van der Waals surface area (Å²) in [6.45, 7) is 2.75. The number of aliphatic hydroxyl groups is 1. The Morgan fingerprint density at radius 3 is 2.36 bits per heavy atom. The van der Waals surface area contributed by atoms with Gasteiger partial charge in [0, 0.05) is 12.6 Å². The highest BCUT2D eigenvalue weighted by molar-refractivity contribution is 5.75. The molecule has 2 amide bonds. The Morgan fingerprint density at radius 1 is 1.12 bits per heavy atom. The third kappa shape index (κ3) is 4.40. The maximum atomic E-state index is 12.7. The molecule has 0 saturated carbocycles. The van der Waals surface area contributed by atoms with Crippen molar-refractivity contribution in [1.29, 1.82) is 0 Å². The van der Waals surface area contributed by atoms with Crippen LogP contribution in [-0.2, 0) is 0 Å². The lowest BCUT2D eigenvalue weighted by Gasteiger charge is -2.28. The molecule has 4 heteroatoms. The lowest BCUT2D eigenvalue weighted by Crippen LogP contribution is -2.44. The summed E-state index contributed by atoms with van der Waals surface area (Å²) >= 11 is 0. The summed E-state index contributed by atoms with van der Waals surface area (Å²) in [5.41, 5.74) is 2.00. The van der Waals surface area contributed by atoms with Crippen molar-refractivity contribution >= 4 is 6.03 Å². The molecule has 2 aromatic rings. The van der Waals surface area contributed by atoms with Crippen LogP contribution >= 0.6 is 0 Å². The number of carbonyl (C=O) groups excluding carboxylic acids is 1. The number of likely N-dealkylation sites (tertiary alicyclic amines) is 1. The topological polar surface area (TPSA) is 52.6 Å². The van der Waals surface area contributed by atoms with Crippen LogP contribution in [0.4, 0.5) is 4.79 Å². The number of hydrogen-bond acceptors (Lipinski definition) is 2. The maximum Gasteiger partial charge on any atom is 0.318 e. The fourth-order valence-electron chi connectivity index (χ4n) is 3.51. The third-order valence-electron chi connectivity index (χ3n) is 4.96. The number of nitrogens with zero attached hydrogens (tertiary/aromatic N) is 1. The van der Waals surface area contributed by atoms with Crippen molar-refractivity contribution < 1.29 is 9.90 Å². The predicted octanol–water partition coefficient (Wildman–Crippen LogP) is 4.05. The lowest BCUT2D eigenvalue weighted by atomic mass is 10.0. The van der Waals surface area contributed by atoms with E-state index < -0.39 is 6.10 Å². The first kappa shape index (κ1) is 17.5. The molecule has 1 aliphatic rings. The number of urea groups is 1. The van der Waals surface area contributed by atoms with Gasteiger partial charge in [0.15, 0.2) is 0 Å². The number of hydrogen-bond donors (Lipinski definition) is 2. The van der Waals surface area contributed by atoms with E-state index in [0.717, 1.165) is 30.5 Å². The molecule has 132 valence electrons. The second kappa shape index (κ2) is 8.17. The van der Waals surface area contributed by atoms with Crippen LogP contribution in [0, 0.1) is 0 Å². The molecule has 1 fully saturated rings. The van der Waals surface area contributed by atoms with Crippen LogP contribution in [0.15, 0.2) is 60.7 Å². The smallest absolute Gasteiger partial charge is 0.318 e. The van der Waals surface area contributed by atoms with Crippen molar-refractivity contribution in [2.45, 2.75) is 44.4 Å². The van der Waals surface area contributed by atoms with Crippen LogP contribution in [0.25, 0.3) is 0 Å². The first-order valence-electron chi connectivity index (χ1n) is 9.00. The van der Waals surface area contributed by atoms with Crippen molar-refractivity contribution in [1.82, 2.24) is 10.2 Å². The molecular formula is C21H26N2O2. The molecule has 1 heterocycles. The summed E-state index contributed by atoms with van der Waals surface area (Å²) in [4.78, 5) is 14.6. The van der Waals surface area contributed by atoms with Crippen LogP contribution in [0.3, 0.4) is 0 Å². The zero-order valence-electron chi connectivity index (χ0n) is 14.6. The van der Waals surface area contributed by atoms with Crippen molar-refractivity contribution in [3.63, 3.8) is 0 Å². The Bertz CT molecular complexity index is 675. The van der Waals surface area contributed by atoms with Crippen LogP contribution < -0.4 is 5.32 Å². The minimum Gasteiger partial charge on any atom is -0.388 e. The van der Waals surface area contributed by atoms with Gasteiger partial charge in [-0.05, 0) is 37.3 Å². The van der Waals surface area contributed by atoms with Gasteiger partial charge in [0.05, 0.1) is 12.1 Å². The highest BCUT2D eigenvalue weighted by atomic mass is 16.3. The van der Waals surface area contributed by atoms with Gasteiger partial charge in [0.1, 0.15) is 0 Å². The van der Waals surface area contributed by atoms with E-state index in [2.05, 4.69) is 5.32 Å². The van der Waals surface area contributed by atoms with Crippen LogP contribution in [-0.4, -0.2) is 28.6 Å². The number of benzene rings is 2. The molecule has 0 bridgehead atoms. The quantitative estimate of drug-likeness (QED) is 0.864. The second-order valence-electron chi connectivity index (χ2n) is 6.73. The summed E-state index contributed by atoms with van der Waals surface area (Å²) in [5.74, 6) is 0. The summed E-state index contributed by atoms with van der Waals surface area (Å²) in [7, 11) is 0. The average Bonchev–Trinajstić information content (AvgIpc) is 3.11. The summed E-state index contributed by atoms with van der Waals surface area (Å²) in [6, 6.07) is 19.6. The molecule has 1 aliphatic heterocycles. The van der Waals surface area contributed by atoms with Crippen LogP contribution in [0.5, 0.6) is 0 Å². The minimum atomic E-state index is -0.536. The Labute approximate surface area is 149 Å². The highest BCUT2D eigenvalue weighted by Gasteiger charge is 2.31. The Balaban J connectivity index is 1.60. The molecule has 4 nitrogen and oxygen atoms in total. The molecule has 2 aromatic carbocycles. The molecule has 1 saturated heterocycles. The Kier molecular flexibility index (Phi) is 5.71. The second-order valence-corrected chi connectivity index (χ2v) is 6.73. The minimum absolute atomic E-state index is 0.0333. The van der Waals surface area contributed by atoms with Gasteiger partial charge in [-0.25, -0.2) is 4.79 Å². The summed E-state index contributed by atoms with van der Waals surface area (Å²) in [6.07, 6.45) is 1.97.